The fourth-order valence-corrected chi connectivity index (χ4v) is 3.41. The molecule has 6 nitrogen and oxygen atoms in total. The standard InChI is InChI=1S/C14H21N3O3S/c1-2-14(4-7-15-8-5-14)13(20)16-6-3-11-17-10(9-21-11)12(18)19/h9,15H,2-8H2,1H3,(H,16,20)(H,18,19). The van der Waals surface area contributed by atoms with Gasteiger partial charge in [-0.3, -0.25) is 4.79 Å². The molecule has 3 N–H and O–H groups in total. The number of hydrogen-bond acceptors (Lipinski definition) is 5. The molecule has 1 fully saturated rings. The number of amides is 1. The maximum absolute atomic E-state index is 12.4. The molecule has 2 rings (SSSR count). The number of carboxylic acid groups (broad SMARTS) is 1. The van der Waals surface area contributed by atoms with Crippen molar-refractivity contribution in [3.8, 4) is 0 Å². The molecule has 0 saturated carbocycles. The predicted molar refractivity (Wildman–Crippen MR) is 80.6 cm³/mol. The van der Waals surface area contributed by atoms with Crippen LogP contribution in [0.2, 0.25) is 0 Å². The molecular formula is C14H21N3O3S. The Kier molecular flexibility index (Phi) is 5.30. The summed E-state index contributed by atoms with van der Waals surface area (Å²) in [6.45, 7) is 4.33. The molecule has 0 atom stereocenters. The lowest BCUT2D eigenvalue weighted by molar-refractivity contribution is -0.132. The van der Waals surface area contributed by atoms with Gasteiger partial charge in [-0.05, 0) is 32.4 Å². The first-order valence-corrected chi connectivity index (χ1v) is 8.12. The third kappa shape index (κ3) is 3.79. The van der Waals surface area contributed by atoms with E-state index in [1.54, 1.807) is 0 Å². The molecule has 0 radical (unpaired) electrons. The Balaban J connectivity index is 1.84. The fourth-order valence-electron chi connectivity index (χ4n) is 2.64. The van der Waals surface area contributed by atoms with Crippen LogP contribution in [0.3, 0.4) is 0 Å². The van der Waals surface area contributed by atoms with E-state index in [9.17, 15) is 9.59 Å². The van der Waals surface area contributed by atoms with Gasteiger partial charge in [-0.2, -0.15) is 0 Å². The van der Waals surface area contributed by atoms with Gasteiger partial charge in [0.2, 0.25) is 5.91 Å². The molecule has 1 aliphatic rings. The monoisotopic (exact) mass is 311 g/mol. The summed E-state index contributed by atoms with van der Waals surface area (Å²) in [5.41, 5.74) is -0.176. The Morgan fingerprint density at radius 1 is 1.48 bits per heavy atom. The van der Waals surface area contributed by atoms with E-state index in [4.69, 9.17) is 5.11 Å². The molecular weight excluding hydrogens is 290 g/mol. The summed E-state index contributed by atoms with van der Waals surface area (Å²) >= 11 is 1.32. The number of hydrogen-bond donors (Lipinski definition) is 3. The van der Waals surface area contributed by atoms with Crippen LogP contribution in [0, 0.1) is 5.41 Å². The van der Waals surface area contributed by atoms with Gasteiger partial charge in [0.1, 0.15) is 0 Å². The molecule has 7 heteroatoms. The Hall–Kier alpha value is -1.47. The van der Waals surface area contributed by atoms with E-state index in [-0.39, 0.29) is 17.0 Å². The van der Waals surface area contributed by atoms with E-state index in [1.807, 2.05) is 0 Å². The largest absolute Gasteiger partial charge is 0.476 e. The zero-order chi connectivity index (χ0) is 15.3. The minimum Gasteiger partial charge on any atom is -0.476 e. The zero-order valence-electron chi connectivity index (χ0n) is 12.1. The second kappa shape index (κ2) is 7.00. The van der Waals surface area contributed by atoms with Crippen molar-refractivity contribution in [2.24, 2.45) is 5.41 Å². The number of carbonyl (C=O) groups is 2. The van der Waals surface area contributed by atoms with E-state index in [0.29, 0.717) is 13.0 Å². The fraction of sp³-hybridized carbons (Fsp3) is 0.643. The Labute approximate surface area is 128 Å². The van der Waals surface area contributed by atoms with E-state index in [1.165, 1.54) is 16.7 Å². The van der Waals surface area contributed by atoms with Crippen LogP contribution >= 0.6 is 11.3 Å². The average molecular weight is 311 g/mol. The highest BCUT2D eigenvalue weighted by atomic mass is 32.1. The Morgan fingerprint density at radius 3 is 2.76 bits per heavy atom. The zero-order valence-corrected chi connectivity index (χ0v) is 13.0. The molecule has 21 heavy (non-hydrogen) atoms. The van der Waals surface area contributed by atoms with Crippen molar-refractivity contribution in [3.63, 3.8) is 0 Å². The van der Waals surface area contributed by atoms with E-state index >= 15 is 0 Å². The minimum atomic E-state index is -1.01. The van der Waals surface area contributed by atoms with Gasteiger partial charge in [0, 0.05) is 18.3 Å². The van der Waals surface area contributed by atoms with Crippen LogP contribution in [-0.4, -0.2) is 41.6 Å². The summed E-state index contributed by atoms with van der Waals surface area (Å²) < 4.78 is 0. The van der Waals surface area contributed by atoms with Crippen molar-refractivity contribution in [3.05, 3.63) is 16.1 Å². The summed E-state index contributed by atoms with van der Waals surface area (Å²) in [6.07, 6.45) is 3.16. The molecule has 1 aromatic heterocycles. The summed E-state index contributed by atoms with van der Waals surface area (Å²) in [5.74, 6) is -0.900. The van der Waals surface area contributed by atoms with Crippen molar-refractivity contribution >= 4 is 23.2 Å². The number of aromatic carboxylic acids is 1. The lowest BCUT2D eigenvalue weighted by atomic mass is 9.76. The van der Waals surface area contributed by atoms with Crippen LogP contribution in [0.4, 0.5) is 0 Å². The SMILES string of the molecule is CCC1(C(=O)NCCc2nc(C(=O)O)cs2)CCNCC1. The Bertz CT molecular complexity index is 509. The summed E-state index contributed by atoms with van der Waals surface area (Å²) in [5, 5.41) is 17.3. The number of piperidine rings is 1. The topological polar surface area (TPSA) is 91.3 Å². The molecule has 0 spiro atoms. The molecule has 1 amide bonds. The molecule has 1 saturated heterocycles. The van der Waals surface area contributed by atoms with E-state index in [2.05, 4.69) is 22.5 Å². The maximum Gasteiger partial charge on any atom is 0.355 e. The predicted octanol–water partition coefficient (Wildman–Crippen LogP) is 1.28. The lowest BCUT2D eigenvalue weighted by Crippen LogP contribution is -2.47. The molecule has 0 unspecified atom stereocenters. The molecule has 1 aliphatic heterocycles. The highest BCUT2D eigenvalue weighted by molar-refractivity contribution is 7.09. The van der Waals surface area contributed by atoms with Crippen molar-refractivity contribution < 1.29 is 14.7 Å². The van der Waals surface area contributed by atoms with Crippen LogP contribution < -0.4 is 10.6 Å². The molecule has 2 heterocycles. The second-order valence-corrected chi connectivity index (χ2v) is 6.26. The molecule has 0 aromatic carbocycles. The van der Waals surface area contributed by atoms with Gasteiger partial charge in [0.25, 0.3) is 0 Å². The van der Waals surface area contributed by atoms with E-state index < -0.39 is 5.97 Å². The van der Waals surface area contributed by atoms with Gasteiger partial charge < -0.3 is 15.7 Å². The van der Waals surface area contributed by atoms with Gasteiger partial charge in [-0.15, -0.1) is 11.3 Å². The van der Waals surface area contributed by atoms with Crippen LogP contribution in [-0.2, 0) is 11.2 Å². The first-order chi connectivity index (χ1) is 10.1. The molecule has 0 aliphatic carbocycles. The normalized spacial score (nSPS) is 17.4. The van der Waals surface area contributed by atoms with Gasteiger partial charge in [-0.25, -0.2) is 9.78 Å². The van der Waals surface area contributed by atoms with Gasteiger partial charge in [0.15, 0.2) is 5.69 Å². The highest BCUT2D eigenvalue weighted by Crippen LogP contribution is 2.32. The number of carbonyl (C=O) groups excluding carboxylic acids is 1. The first-order valence-electron chi connectivity index (χ1n) is 7.24. The van der Waals surface area contributed by atoms with Gasteiger partial charge in [-0.1, -0.05) is 6.92 Å². The summed E-state index contributed by atoms with van der Waals surface area (Å²) in [7, 11) is 0. The molecule has 116 valence electrons. The number of rotatable bonds is 6. The first kappa shape index (κ1) is 15.9. The molecule has 1 aromatic rings. The number of aromatic nitrogens is 1. The quantitative estimate of drug-likeness (QED) is 0.736. The van der Waals surface area contributed by atoms with Crippen molar-refractivity contribution in [1.82, 2.24) is 15.6 Å². The average Bonchev–Trinajstić information content (AvgIpc) is 2.97. The van der Waals surface area contributed by atoms with Crippen molar-refractivity contribution in [2.75, 3.05) is 19.6 Å². The van der Waals surface area contributed by atoms with Crippen LogP contribution in [0.25, 0.3) is 0 Å². The number of nitrogens with zero attached hydrogens (tertiary/aromatic N) is 1. The van der Waals surface area contributed by atoms with Crippen molar-refractivity contribution in [1.29, 1.82) is 0 Å². The molecule has 0 bridgehead atoms. The summed E-state index contributed by atoms with van der Waals surface area (Å²) in [4.78, 5) is 27.2. The van der Waals surface area contributed by atoms with Crippen LogP contribution in [0.15, 0.2) is 5.38 Å². The van der Waals surface area contributed by atoms with Gasteiger partial charge in [0.05, 0.1) is 10.4 Å². The smallest absolute Gasteiger partial charge is 0.355 e. The number of carboxylic acids is 1. The third-order valence-electron chi connectivity index (χ3n) is 4.11. The van der Waals surface area contributed by atoms with Crippen LogP contribution in [0.1, 0.15) is 41.7 Å². The third-order valence-corrected chi connectivity index (χ3v) is 5.02. The maximum atomic E-state index is 12.4. The van der Waals surface area contributed by atoms with Crippen LogP contribution in [0.5, 0.6) is 0 Å². The summed E-state index contributed by atoms with van der Waals surface area (Å²) in [6, 6.07) is 0. The second-order valence-electron chi connectivity index (χ2n) is 5.32. The Morgan fingerprint density at radius 2 is 2.19 bits per heavy atom. The number of thiazole rings is 1. The van der Waals surface area contributed by atoms with E-state index in [0.717, 1.165) is 37.4 Å². The number of nitrogens with one attached hydrogen (secondary N) is 2. The highest BCUT2D eigenvalue weighted by Gasteiger charge is 2.37. The lowest BCUT2D eigenvalue weighted by Gasteiger charge is -2.35. The van der Waals surface area contributed by atoms with Gasteiger partial charge >= 0.3 is 5.97 Å². The van der Waals surface area contributed by atoms with Crippen molar-refractivity contribution in [2.45, 2.75) is 32.6 Å². The minimum absolute atomic E-state index is 0.0738.